The Hall–Kier alpha value is -2.87. The lowest BCUT2D eigenvalue weighted by atomic mass is 10.1. The average molecular weight is 440 g/mol. The molecule has 0 unspecified atom stereocenters. The molecular weight excluding hydrogens is 406 g/mol. The molecule has 2 aliphatic rings. The number of ether oxygens (including phenoxy) is 2. The van der Waals surface area contributed by atoms with E-state index >= 15 is 0 Å². The lowest BCUT2D eigenvalue weighted by Crippen LogP contribution is -2.40. The average Bonchev–Trinajstić information content (AvgIpc) is 2.78. The van der Waals surface area contributed by atoms with Crippen LogP contribution in [0, 0.1) is 0 Å². The Morgan fingerprint density at radius 2 is 1.84 bits per heavy atom. The topological polar surface area (TPSA) is 79.8 Å². The van der Waals surface area contributed by atoms with Gasteiger partial charge in [-0.2, -0.15) is 0 Å². The monoisotopic (exact) mass is 439 g/mol. The fraction of sp³-hybridized carbons (Fsp3) is 0.542. The number of rotatable bonds is 4. The number of carbonyl (C=O) groups is 1. The van der Waals surface area contributed by atoms with E-state index in [1.165, 1.54) is 5.69 Å². The Balaban J connectivity index is 1.38. The van der Waals surface area contributed by atoms with Crippen LogP contribution in [0.3, 0.4) is 0 Å². The second-order valence-electron chi connectivity index (χ2n) is 9.41. The number of methoxy groups -OCH3 is 1. The van der Waals surface area contributed by atoms with Gasteiger partial charge in [0.05, 0.1) is 18.3 Å². The van der Waals surface area contributed by atoms with Crippen molar-refractivity contribution in [3.63, 3.8) is 0 Å². The molecule has 0 aliphatic carbocycles. The first-order valence-electron chi connectivity index (χ1n) is 11.3. The van der Waals surface area contributed by atoms with Crippen LogP contribution in [0.4, 0.5) is 22.1 Å². The third-order valence-corrected chi connectivity index (χ3v) is 5.86. The second kappa shape index (κ2) is 9.32. The van der Waals surface area contributed by atoms with Crippen molar-refractivity contribution in [1.82, 2.24) is 14.9 Å². The number of anilines is 3. The number of nitrogens with one attached hydrogen (secondary N) is 1. The third-order valence-electron chi connectivity index (χ3n) is 5.86. The van der Waals surface area contributed by atoms with Gasteiger partial charge in [-0.25, -0.2) is 14.8 Å². The Morgan fingerprint density at radius 3 is 2.50 bits per heavy atom. The SMILES string of the molecule is COC1CCN(c2ccc(Nc3ncc4c(n3)CN(C(=O)OC(C)(C)C)CC4)cc2)CC1. The van der Waals surface area contributed by atoms with Gasteiger partial charge in [0, 0.05) is 44.3 Å². The summed E-state index contributed by atoms with van der Waals surface area (Å²) < 4.78 is 11.0. The highest BCUT2D eigenvalue weighted by atomic mass is 16.6. The largest absolute Gasteiger partial charge is 0.444 e. The van der Waals surface area contributed by atoms with Crippen LogP contribution < -0.4 is 10.2 Å². The van der Waals surface area contributed by atoms with Crippen molar-refractivity contribution in [3.05, 3.63) is 41.7 Å². The van der Waals surface area contributed by atoms with E-state index in [-0.39, 0.29) is 6.09 Å². The van der Waals surface area contributed by atoms with Crippen LogP contribution >= 0.6 is 0 Å². The molecule has 4 rings (SSSR count). The molecule has 0 radical (unpaired) electrons. The predicted molar refractivity (Wildman–Crippen MR) is 124 cm³/mol. The number of hydrogen-bond donors (Lipinski definition) is 1. The molecule has 2 aromatic rings. The van der Waals surface area contributed by atoms with Gasteiger partial charge in [-0.3, -0.25) is 0 Å². The van der Waals surface area contributed by atoms with Crippen LogP contribution in [0.1, 0.15) is 44.9 Å². The smallest absolute Gasteiger partial charge is 0.410 e. The number of nitrogens with zero attached hydrogens (tertiary/aromatic N) is 4. The minimum Gasteiger partial charge on any atom is -0.444 e. The maximum absolute atomic E-state index is 12.4. The Kier molecular flexibility index (Phi) is 6.50. The van der Waals surface area contributed by atoms with Crippen LogP contribution in [0.5, 0.6) is 0 Å². The molecule has 1 aromatic carbocycles. The first kappa shape index (κ1) is 22.3. The number of amides is 1. The second-order valence-corrected chi connectivity index (χ2v) is 9.41. The number of fused-ring (bicyclic) bond motifs is 1. The summed E-state index contributed by atoms with van der Waals surface area (Å²) >= 11 is 0. The van der Waals surface area contributed by atoms with Gasteiger partial charge in [-0.1, -0.05) is 0 Å². The summed E-state index contributed by atoms with van der Waals surface area (Å²) in [6.45, 7) is 8.68. The molecule has 1 saturated heterocycles. The summed E-state index contributed by atoms with van der Waals surface area (Å²) in [6.07, 6.45) is 4.76. The van der Waals surface area contributed by atoms with E-state index in [2.05, 4.69) is 32.3 Å². The molecule has 0 spiro atoms. The maximum Gasteiger partial charge on any atom is 0.410 e. The van der Waals surface area contributed by atoms with Gasteiger partial charge in [-0.15, -0.1) is 0 Å². The first-order valence-corrected chi connectivity index (χ1v) is 11.3. The summed E-state index contributed by atoms with van der Waals surface area (Å²) in [4.78, 5) is 25.7. The maximum atomic E-state index is 12.4. The number of aromatic nitrogens is 2. The van der Waals surface area contributed by atoms with E-state index in [1.54, 1.807) is 12.0 Å². The number of carbonyl (C=O) groups excluding carboxylic acids is 1. The zero-order valence-corrected chi connectivity index (χ0v) is 19.4. The predicted octanol–water partition coefficient (Wildman–Crippen LogP) is 4.13. The molecule has 0 saturated carbocycles. The first-order chi connectivity index (χ1) is 15.3. The van der Waals surface area contributed by atoms with Crippen molar-refractivity contribution < 1.29 is 14.3 Å². The van der Waals surface area contributed by atoms with Gasteiger partial charge in [0.1, 0.15) is 5.60 Å². The van der Waals surface area contributed by atoms with Gasteiger partial charge >= 0.3 is 6.09 Å². The minimum atomic E-state index is -0.512. The van der Waals surface area contributed by atoms with Crippen molar-refractivity contribution in [2.75, 3.05) is 37.0 Å². The van der Waals surface area contributed by atoms with Crippen molar-refractivity contribution in [2.45, 2.75) is 58.3 Å². The highest BCUT2D eigenvalue weighted by molar-refractivity contribution is 5.68. The molecule has 0 atom stereocenters. The van der Waals surface area contributed by atoms with E-state index in [0.29, 0.717) is 25.1 Å². The summed E-state index contributed by atoms with van der Waals surface area (Å²) in [5, 5.41) is 3.29. The fourth-order valence-corrected chi connectivity index (χ4v) is 4.08. The van der Waals surface area contributed by atoms with Crippen LogP contribution in [0.25, 0.3) is 0 Å². The van der Waals surface area contributed by atoms with Crippen LogP contribution in [0.2, 0.25) is 0 Å². The number of piperidine rings is 1. The molecule has 172 valence electrons. The van der Waals surface area contributed by atoms with Crippen molar-refractivity contribution in [3.8, 4) is 0 Å². The van der Waals surface area contributed by atoms with Gasteiger partial charge in [-0.05, 0) is 69.9 Å². The molecule has 8 nitrogen and oxygen atoms in total. The Labute approximate surface area is 189 Å². The van der Waals surface area contributed by atoms with Gasteiger partial charge in [0.2, 0.25) is 5.95 Å². The summed E-state index contributed by atoms with van der Waals surface area (Å²) in [6, 6.07) is 8.34. The number of hydrogen-bond acceptors (Lipinski definition) is 7. The van der Waals surface area contributed by atoms with Crippen molar-refractivity contribution in [1.29, 1.82) is 0 Å². The van der Waals surface area contributed by atoms with E-state index in [9.17, 15) is 4.79 Å². The van der Waals surface area contributed by atoms with E-state index < -0.39 is 5.60 Å². The van der Waals surface area contributed by atoms with Crippen LogP contribution in [-0.2, 0) is 22.4 Å². The molecule has 1 N–H and O–H groups in total. The number of benzene rings is 1. The molecule has 1 amide bonds. The van der Waals surface area contributed by atoms with Gasteiger partial charge < -0.3 is 24.6 Å². The normalized spacial score (nSPS) is 17.1. The standard InChI is InChI=1S/C24H33N5O3/c1-24(2,3)32-23(30)29-12-9-17-15-25-22(27-21(17)16-29)26-18-5-7-19(8-6-18)28-13-10-20(31-4)11-14-28/h5-8,15,20H,9-14,16H2,1-4H3,(H,25,26,27). The molecule has 32 heavy (non-hydrogen) atoms. The molecule has 2 aliphatic heterocycles. The minimum absolute atomic E-state index is 0.304. The summed E-state index contributed by atoms with van der Waals surface area (Å²) in [5.41, 5.74) is 3.56. The zero-order valence-electron chi connectivity index (χ0n) is 19.4. The zero-order chi connectivity index (χ0) is 22.7. The lowest BCUT2D eigenvalue weighted by Gasteiger charge is -2.33. The van der Waals surface area contributed by atoms with Gasteiger partial charge in [0.15, 0.2) is 0 Å². The van der Waals surface area contributed by atoms with E-state index in [4.69, 9.17) is 9.47 Å². The molecule has 1 aromatic heterocycles. The van der Waals surface area contributed by atoms with E-state index in [0.717, 1.165) is 49.3 Å². The van der Waals surface area contributed by atoms with Gasteiger partial charge in [0.25, 0.3) is 0 Å². The summed E-state index contributed by atoms with van der Waals surface area (Å²) in [7, 11) is 1.79. The highest BCUT2D eigenvalue weighted by Crippen LogP contribution is 2.25. The van der Waals surface area contributed by atoms with Crippen LogP contribution in [-0.4, -0.2) is 59.4 Å². The molecule has 1 fully saturated rings. The highest BCUT2D eigenvalue weighted by Gasteiger charge is 2.27. The quantitative estimate of drug-likeness (QED) is 0.767. The van der Waals surface area contributed by atoms with Crippen molar-refractivity contribution in [2.24, 2.45) is 0 Å². The molecular formula is C24H33N5O3. The van der Waals surface area contributed by atoms with Crippen LogP contribution in [0.15, 0.2) is 30.5 Å². The fourth-order valence-electron chi connectivity index (χ4n) is 4.08. The third kappa shape index (κ3) is 5.48. The Bertz CT molecular complexity index is 934. The molecule has 3 heterocycles. The molecule has 0 bridgehead atoms. The molecule has 8 heteroatoms. The van der Waals surface area contributed by atoms with Crippen molar-refractivity contribution >= 4 is 23.4 Å². The Morgan fingerprint density at radius 1 is 1.12 bits per heavy atom. The van der Waals surface area contributed by atoms with E-state index in [1.807, 2.05) is 39.1 Å². The lowest BCUT2D eigenvalue weighted by molar-refractivity contribution is 0.0220. The summed E-state index contributed by atoms with van der Waals surface area (Å²) in [5.74, 6) is 0.531.